The average Bonchev–Trinajstić information content (AvgIpc) is 3.69. The van der Waals surface area contributed by atoms with Gasteiger partial charge < -0.3 is 5.11 Å². The van der Waals surface area contributed by atoms with Crippen LogP contribution in [0.25, 0.3) is 48.3 Å². The van der Waals surface area contributed by atoms with E-state index in [-0.39, 0.29) is 37.7 Å². The molecule has 0 unspecified atom stereocenters. The number of ketones is 1. The van der Waals surface area contributed by atoms with E-state index in [1.165, 1.54) is 33.3 Å². The van der Waals surface area contributed by atoms with Crippen molar-refractivity contribution in [3.8, 4) is 16.9 Å². The predicted octanol–water partition coefficient (Wildman–Crippen LogP) is 11.7. The van der Waals surface area contributed by atoms with E-state index in [2.05, 4.69) is 80.8 Å². The Morgan fingerprint density at radius 2 is 1.60 bits per heavy atom. The first-order valence-electron chi connectivity index (χ1n) is 18.7. The molecule has 7 rings (SSSR count). The molecule has 1 N–H and O–H groups in total. The largest absolute Gasteiger partial charge is 0.512 e. The maximum absolute atomic E-state index is 12.1. The molecule has 8 heteroatoms. The summed E-state index contributed by atoms with van der Waals surface area (Å²) < 4.78 is 3.41. The van der Waals surface area contributed by atoms with E-state index >= 15 is 0 Å². The third kappa shape index (κ3) is 7.27. The Kier molecular flexibility index (Phi) is 12.6. The van der Waals surface area contributed by atoms with Crippen LogP contribution in [0.3, 0.4) is 0 Å². The number of hydrogen-bond donors (Lipinski definition) is 1. The normalized spacial score (nSPS) is 12.9. The number of aromatic nitrogens is 4. The minimum atomic E-state index is 0. The van der Waals surface area contributed by atoms with Gasteiger partial charge in [-0.3, -0.25) is 14.3 Å². The summed E-state index contributed by atoms with van der Waals surface area (Å²) in [5, 5.41) is 12.5. The van der Waals surface area contributed by atoms with Crippen molar-refractivity contribution < 1.29 is 30.0 Å². The molecule has 4 heterocycles. The maximum Gasteiger partial charge on any atom is 0.164 e. The van der Waals surface area contributed by atoms with Crippen LogP contribution in [0.2, 0.25) is 0 Å². The Bertz CT molecular complexity index is 2270. The van der Waals surface area contributed by atoms with Crippen molar-refractivity contribution in [2.45, 2.75) is 107 Å². The van der Waals surface area contributed by atoms with Gasteiger partial charge in [-0.1, -0.05) is 87.9 Å². The smallest absolute Gasteiger partial charge is 0.164 e. The number of rotatable bonds is 9. The minimum Gasteiger partial charge on any atom is -0.512 e. The molecule has 6 aromatic rings. The second-order valence-electron chi connectivity index (χ2n) is 14.3. The van der Waals surface area contributed by atoms with Crippen LogP contribution < -0.4 is 0 Å². The molecule has 3 aromatic carbocycles. The zero-order valence-corrected chi connectivity index (χ0v) is 35.2. The number of carbonyl (C=O) groups is 1. The number of aryl methyl sites for hydroxylation is 4. The number of aliphatic hydroxyl groups is 1. The summed E-state index contributed by atoms with van der Waals surface area (Å²) in [5.41, 5.74) is 11.0. The summed E-state index contributed by atoms with van der Waals surface area (Å²) in [6.45, 7) is 18.7. The van der Waals surface area contributed by atoms with Gasteiger partial charge >= 0.3 is 0 Å². The summed E-state index contributed by atoms with van der Waals surface area (Å²) >= 11 is 1.75. The predicted molar refractivity (Wildman–Crippen MR) is 213 cm³/mol. The molecule has 1 aliphatic rings. The Hall–Kier alpha value is -3.71. The number of benzene rings is 3. The molecular formula is C44H51IrN4O2S-. The van der Waals surface area contributed by atoms with Crippen LogP contribution in [-0.4, -0.2) is 30.4 Å². The van der Waals surface area contributed by atoms with Crippen molar-refractivity contribution in [1.82, 2.24) is 19.5 Å². The van der Waals surface area contributed by atoms with E-state index in [4.69, 9.17) is 15.0 Å². The Morgan fingerprint density at radius 1 is 0.923 bits per heavy atom. The van der Waals surface area contributed by atoms with Crippen molar-refractivity contribution in [2.75, 3.05) is 0 Å². The summed E-state index contributed by atoms with van der Waals surface area (Å²) in [5.74, 6) is 2.15. The SMILES string of the molecule is CCC(CC)C(=O)/C(C)=C(\O)C(CC)CC.Cc1cc2[c-]c(-c3ncnc4c3sc3c4nc4n3-c3ccccc3CC4)cc(C(C)C)c2cc1C.[Ir]. The molecule has 1 aliphatic heterocycles. The van der Waals surface area contributed by atoms with Gasteiger partial charge in [-0.05, 0) is 70.4 Å². The Morgan fingerprint density at radius 3 is 2.27 bits per heavy atom. The third-order valence-corrected chi connectivity index (χ3v) is 12.0. The fourth-order valence-corrected chi connectivity index (χ4v) is 8.71. The van der Waals surface area contributed by atoms with E-state index in [0.717, 1.165) is 81.6 Å². The van der Waals surface area contributed by atoms with Gasteiger partial charge in [0.2, 0.25) is 0 Å². The first-order chi connectivity index (χ1) is 24.5. The van der Waals surface area contributed by atoms with E-state index < -0.39 is 0 Å². The minimum absolute atomic E-state index is 0. The molecule has 0 saturated carbocycles. The molecule has 0 bridgehead atoms. The van der Waals surface area contributed by atoms with Crippen LogP contribution in [0.5, 0.6) is 0 Å². The molecule has 275 valence electrons. The summed E-state index contributed by atoms with van der Waals surface area (Å²) in [6, 6.07) is 19.2. The molecule has 0 saturated heterocycles. The number of fused-ring (bicyclic) bond motifs is 8. The fourth-order valence-electron chi connectivity index (χ4n) is 7.48. The number of carbonyl (C=O) groups excluding carboxylic acids is 1. The maximum atomic E-state index is 12.1. The molecule has 0 atom stereocenters. The Labute approximate surface area is 326 Å². The zero-order chi connectivity index (χ0) is 36.6. The van der Waals surface area contributed by atoms with E-state index in [1.54, 1.807) is 24.6 Å². The van der Waals surface area contributed by atoms with E-state index in [1.807, 2.05) is 27.7 Å². The fraction of sp³-hybridized carbons (Fsp3) is 0.409. The third-order valence-electron chi connectivity index (χ3n) is 10.9. The van der Waals surface area contributed by atoms with Gasteiger partial charge in [-0.2, -0.15) is 0 Å². The molecular weight excluding hydrogens is 841 g/mol. The first-order valence-corrected chi connectivity index (χ1v) is 19.5. The molecule has 0 amide bonds. The summed E-state index contributed by atoms with van der Waals surface area (Å²) in [4.78, 5) is 27.8. The molecule has 1 radical (unpaired) electrons. The van der Waals surface area contributed by atoms with Crippen molar-refractivity contribution in [3.63, 3.8) is 0 Å². The van der Waals surface area contributed by atoms with Crippen LogP contribution in [0.15, 0.2) is 60.1 Å². The monoisotopic (exact) mass is 892 g/mol. The van der Waals surface area contributed by atoms with Crippen LogP contribution >= 0.6 is 11.3 Å². The van der Waals surface area contributed by atoms with Gasteiger partial charge in [0.15, 0.2) is 5.78 Å². The number of para-hydroxylation sites is 1. The summed E-state index contributed by atoms with van der Waals surface area (Å²) in [6.07, 6.45) is 7.13. The van der Waals surface area contributed by atoms with E-state index in [0.29, 0.717) is 17.3 Å². The molecule has 3 aromatic heterocycles. The van der Waals surface area contributed by atoms with Crippen molar-refractivity contribution in [1.29, 1.82) is 0 Å². The zero-order valence-electron chi connectivity index (χ0n) is 32.0. The number of thiophene rings is 1. The van der Waals surface area contributed by atoms with Gasteiger partial charge in [-0.25, -0.2) is 9.97 Å². The standard InChI is InChI=1S/C30H25N4S.C14H26O2.Ir/c1-16(2)22-14-21(13-20-11-17(3)18(4)12-23(20)22)26-29-27(32-15-31-26)28-30(35-29)34-24-8-6-5-7-19(24)9-10-25(34)33-28;1-6-11(7-2)13(15)10(5)14(16)12(8-3)9-4;/h5-8,11-12,14-16H,9-10H2,1-4H3;11-12,15H,6-9H2,1-5H3;/q-1;;/b;13-10-;. The van der Waals surface area contributed by atoms with Gasteiger partial charge in [0.1, 0.15) is 33.8 Å². The van der Waals surface area contributed by atoms with Crippen molar-refractivity contribution in [2.24, 2.45) is 11.8 Å². The second-order valence-corrected chi connectivity index (χ2v) is 15.3. The molecule has 6 nitrogen and oxygen atoms in total. The topological polar surface area (TPSA) is 80.9 Å². The van der Waals surface area contributed by atoms with Crippen LogP contribution in [-0.2, 0) is 37.7 Å². The number of Topliss-reactive ketones (excluding diaryl/α,β-unsaturated/α-hetero) is 1. The van der Waals surface area contributed by atoms with Crippen LogP contribution in [0.1, 0.15) is 108 Å². The number of allylic oxidation sites excluding steroid dienone is 2. The van der Waals surface area contributed by atoms with Crippen LogP contribution in [0.4, 0.5) is 0 Å². The van der Waals surface area contributed by atoms with Crippen LogP contribution in [0, 0.1) is 31.7 Å². The van der Waals surface area contributed by atoms with Gasteiger partial charge in [-0.15, -0.1) is 40.5 Å². The average molecular weight is 892 g/mol. The van der Waals surface area contributed by atoms with Gasteiger partial charge in [0.25, 0.3) is 0 Å². The number of hydrogen-bond acceptors (Lipinski definition) is 6. The van der Waals surface area contributed by atoms with Crippen molar-refractivity contribution >= 4 is 48.5 Å². The van der Waals surface area contributed by atoms with Gasteiger partial charge in [0.05, 0.1) is 5.69 Å². The molecule has 0 aliphatic carbocycles. The molecule has 52 heavy (non-hydrogen) atoms. The number of nitrogens with zero attached hydrogens (tertiary/aromatic N) is 4. The molecule has 0 fully saturated rings. The van der Waals surface area contributed by atoms with Crippen molar-refractivity contribution in [3.05, 3.63) is 94.3 Å². The molecule has 0 spiro atoms. The van der Waals surface area contributed by atoms with E-state index in [9.17, 15) is 9.90 Å². The Balaban J connectivity index is 0.000000264. The second kappa shape index (κ2) is 16.5. The number of aliphatic hydroxyl groups excluding tert-OH is 1. The summed E-state index contributed by atoms with van der Waals surface area (Å²) in [7, 11) is 0. The van der Waals surface area contributed by atoms with Gasteiger partial charge in [0, 0.05) is 54.3 Å². The quantitative estimate of drug-likeness (QED) is 0.0888. The number of imidazole rings is 1. The first kappa shape index (κ1) is 39.5.